The number of hydrogen-bond acceptors (Lipinski definition) is 3. The largest absolute Gasteiger partial charge is 0.491 e. The summed E-state index contributed by atoms with van der Waals surface area (Å²) in [6.45, 7) is 7.09. The number of benzene rings is 1. The molecule has 1 aromatic carbocycles. The first-order chi connectivity index (χ1) is 10.7. The van der Waals surface area contributed by atoms with Crippen LogP contribution in [0, 0.1) is 5.92 Å². The number of carbonyl (C=O) groups is 1. The molecular formula is C18H29ClN2O2. The Morgan fingerprint density at radius 3 is 2.74 bits per heavy atom. The van der Waals surface area contributed by atoms with Crippen LogP contribution < -0.4 is 15.4 Å². The number of piperidine rings is 1. The smallest absolute Gasteiger partial charge is 0.251 e. The zero-order valence-corrected chi connectivity index (χ0v) is 15.0. The molecule has 1 aromatic rings. The molecule has 0 aliphatic carbocycles. The van der Waals surface area contributed by atoms with Gasteiger partial charge in [-0.3, -0.25) is 4.79 Å². The highest BCUT2D eigenvalue weighted by molar-refractivity contribution is 5.94. The molecule has 0 spiro atoms. The third-order valence-corrected chi connectivity index (χ3v) is 4.27. The number of nitrogens with one attached hydrogen (secondary N) is 2. The number of hydrogen-bond donors (Lipinski definition) is 2. The fraction of sp³-hybridized carbons (Fsp3) is 0.611. The molecule has 0 saturated carbocycles. The number of carbonyl (C=O) groups excluding carboxylic acids is 1. The van der Waals surface area contributed by atoms with Crippen LogP contribution in [0.25, 0.3) is 0 Å². The Morgan fingerprint density at radius 2 is 2.13 bits per heavy atom. The minimum Gasteiger partial charge on any atom is -0.491 e. The minimum absolute atomic E-state index is 0. The first-order valence-electron chi connectivity index (χ1n) is 8.44. The lowest BCUT2D eigenvalue weighted by Gasteiger charge is -2.22. The molecular weight excluding hydrogens is 312 g/mol. The van der Waals surface area contributed by atoms with E-state index in [2.05, 4.69) is 17.6 Å². The zero-order chi connectivity index (χ0) is 15.8. The summed E-state index contributed by atoms with van der Waals surface area (Å²) in [6.07, 6.45) is 4.73. The average Bonchev–Trinajstić information content (AvgIpc) is 2.56. The zero-order valence-electron chi connectivity index (χ0n) is 14.1. The third-order valence-electron chi connectivity index (χ3n) is 4.27. The van der Waals surface area contributed by atoms with Crippen molar-refractivity contribution in [3.8, 4) is 5.75 Å². The van der Waals surface area contributed by atoms with Crippen molar-refractivity contribution in [1.82, 2.24) is 10.6 Å². The number of rotatable bonds is 7. The van der Waals surface area contributed by atoms with Gasteiger partial charge in [0.2, 0.25) is 0 Å². The maximum Gasteiger partial charge on any atom is 0.251 e. The summed E-state index contributed by atoms with van der Waals surface area (Å²) in [6, 6.07) is 7.39. The molecule has 1 saturated heterocycles. The third kappa shape index (κ3) is 6.80. The van der Waals surface area contributed by atoms with E-state index in [0.717, 1.165) is 38.2 Å². The predicted octanol–water partition coefficient (Wildman–Crippen LogP) is 3.41. The molecule has 5 heteroatoms. The van der Waals surface area contributed by atoms with Crippen molar-refractivity contribution in [1.29, 1.82) is 0 Å². The first kappa shape index (κ1) is 19.8. The molecule has 23 heavy (non-hydrogen) atoms. The standard InChI is InChI=1S/C18H28N2O2.ClH/c1-3-14(2)22-17-8-6-16(7-9-17)18(21)20-12-10-15-5-4-11-19-13-15;/h6-9,14-15,19H,3-5,10-13H2,1-2H3,(H,20,21);1H. The molecule has 1 aliphatic heterocycles. The lowest BCUT2D eigenvalue weighted by atomic mass is 9.96. The van der Waals surface area contributed by atoms with Gasteiger partial charge in [-0.1, -0.05) is 6.92 Å². The van der Waals surface area contributed by atoms with Gasteiger partial charge in [0.25, 0.3) is 5.91 Å². The summed E-state index contributed by atoms with van der Waals surface area (Å²) in [5.41, 5.74) is 0.693. The molecule has 2 atom stereocenters. The summed E-state index contributed by atoms with van der Waals surface area (Å²) < 4.78 is 5.72. The topological polar surface area (TPSA) is 50.4 Å². The second kappa shape index (κ2) is 10.5. The fourth-order valence-electron chi connectivity index (χ4n) is 2.66. The van der Waals surface area contributed by atoms with Gasteiger partial charge in [-0.2, -0.15) is 0 Å². The Morgan fingerprint density at radius 1 is 1.39 bits per heavy atom. The summed E-state index contributed by atoms with van der Waals surface area (Å²) in [5, 5.41) is 6.41. The number of halogens is 1. The van der Waals surface area contributed by atoms with E-state index >= 15 is 0 Å². The molecule has 1 aliphatic rings. The van der Waals surface area contributed by atoms with Crippen molar-refractivity contribution in [2.45, 2.75) is 45.6 Å². The highest BCUT2D eigenvalue weighted by Crippen LogP contribution is 2.15. The Hall–Kier alpha value is -1.26. The molecule has 2 unspecified atom stereocenters. The highest BCUT2D eigenvalue weighted by atomic mass is 35.5. The van der Waals surface area contributed by atoms with Crippen LogP contribution >= 0.6 is 12.4 Å². The van der Waals surface area contributed by atoms with E-state index in [0.29, 0.717) is 11.5 Å². The molecule has 1 fully saturated rings. The van der Waals surface area contributed by atoms with Crippen molar-refractivity contribution in [3.63, 3.8) is 0 Å². The molecule has 4 nitrogen and oxygen atoms in total. The van der Waals surface area contributed by atoms with Crippen LogP contribution in [-0.2, 0) is 0 Å². The molecule has 0 radical (unpaired) electrons. The molecule has 130 valence electrons. The Kier molecular flexibility index (Phi) is 9.03. The molecule has 2 N–H and O–H groups in total. The van der Waals surface area contributed by atoms with E-state index in [4.69, 9.17) is 4.74 Å². The van der Waals surface area contributed by atoms with Gasteiger partial charge >= 0.3 is 0 Å². The molecule has 1 amide bonds. The van der Waals surface area contributed by atoms with E-state index in [-0.39, 0.29) is 24.4 Å². The summed E-state index contributed by atoms with van der Waals surface area (Å²) >= 11 is 0. The van der Waals surface area contributed by atoms with Crippen LogP contribution in [-0.4, -0.2) is 31.6 Å². The molecule has 2 rings (SSSR count). The first-order valence-corrected chi connectivity index (χ1v) is 8.44. The van der Waals surface area contributed by atoms with Crippen molar-refractivity contribution < 1.29 is 9.53 Å². The maximum absolute atomic E-state index is 12.1. The van der Waals surface area contributed by atoms with Gasteiger partial charge in [0, 0.05) is 12.1 Å². The quantitative estimate of drug-likeness (QED) is 0.799. The van der Waals surface area contributed by atoms with Crippen LogP contribution in [0.5, 0.6) is 5.75 Å². The van der Waals surface area contributed by atoms with Gasteiger partial charge in [0.15, 0.2) is 0 Å². The van der Waals surface area contributed by atoms with Crippen LogP contribution in [0.15, 0.2) is 24.3 Å². The van der Waals surface area contributed by atoms with Crippen molar-refractivity contribution >= 4 is 18.3 Å². The number of amides is 1. The van der Waals surface area contributed by atoms with Crippen LogP contribution in [0.3, 0.4) is 0 Å². The van der Waals surface area contributed by atoms with Crippen molar-refractivity contribution in [2.24, 2.45) is 5.92 Å². The van der Waals surface area contributed by atoms with Gasteiger partial charge in [-0.25, -0.2) is 0 Å². The second-order valence-electron chi connectivity index (χ2n) is 6.12. The van der Waals surface area contributed by atoms with Crippen LogP contribution in [0.4, 0.5) is 0 Å². The van der Waals surface area contributed by atoms with E-state index in [9.17, 15) is 4.79 Å². The maximum atomic E-state index is 12.1. The summed E-state index contributed by atoms with van der Waals surface area (Å²) in [5.74, 6) is 1.51. The van der Waals surface area contributed by atoms with Crippen molar-refractivity contribution in [3.05, 3.63) is 29.8 Å². The minimum atomic E-state index is -0.00106. The van der Waals surface area contributed by atoms with Crippen LogP contribution in [0.1, 0.15) is 49.9 Å². The second-order valence-corrected chi connectivity index (χ2v) is 6.12. The van der Waals surface area contributed by atoms with Gasteiger partial charge in [-0.15, -0.1) is 12.4 Å². The Bertz CT molecular complexity index is 459. The lowest BCUT2D eigenvalue weighted by Crippen LogP contribution is -2.33. The normalized spacial score (nSPS) is 18.6. The monoisotopic (exact) mass is 340 g/mol. The molecule has 0 aromatic heterocycles. The lowest BCUT2D eigenvalue weighted by molar-refractivity contribution is 0.0950. The van der Waals surface area contributed by atoms with E-state index in [1.165, 1.54) is 12.8 Å². The Labute approximate surface area is 145 Å². The van der Waals surface area contributed by atoms with Crippen LogP contribution in [0.2, 0.25) is 0 Å². The van der Waals surface area contributed by atoms with Gasteiger partial charge in [0.05, 0.1) is 6.10 Å². The highest BCUT2D eigenvalue weighted by Gasteiger charge is 2.13. The predicted molar refractivity (Wildman–Crippen MR) is 96.6 cm³/mol. The summed E-state index contributed by atoms with van der Waals surface area (Å²) in [4.78, 5) is 12.1. The summed E-state index contributed by atoms with van der Waals surface area (Å²) in [7, 11) is 0. The fourth-order valence-corrected chi connectivity index (χ4v) is 2.66. The van der Waals surface area contributed by atoms with E-state index in [1.807, 2.05) is 31.2 Å². The van der Waals surface area contributed by atoms with E-state index < -0.39 is 0 Å². The average molecular weight is 341 g/mol. The van der Waals surface area contributed by atoms with Gasteiger partial charge in [0.1, 0.15) is 5.75 Å². The Balaban J connectivity index is 0.00000264. The molecule has 1 heterocycles. The van der Waals surface area contributed by atoms with Gasteiger partial charge < -0.3 is 15.4 Å². The van der Waals surface area contributed by atoms with E-state index in [1.54, 1.807) is 0 Å². The number of ether oxygens (including phenoxy) is 1. The van der Waals surface area contributed by atoms with Crippen molar-refractivity contribution in [2.75, 3.05) is 19.6 Å². The SMILES string of the molecule is CCC(C)Oc1ccc(C(=O)NCCC2CCCNC2)cc1.Cl. The van der Waals surface area contributed by atoms with Gasteiger partial charge in [-0.05, 0) is 75.9 Å². The molecule has 0 bridgehead atoms.